The first-order chi connectivity index (χ1) is 27.9. The molecule has 0 amide bonds. The molecule has 2 fully saturated rings. The molecule has 4 heteroatoms. The first-order valence-electron chi connectivity index (χ1n) is 23.1. The summed E-state index contributed by atoms with van der Waals surface area (Å²) in [4.78, 5) is 8.56. The van der Waals surface area contributed by atoms with Crippen molar-refractivity contribution in [2.75, 3.05) is 14.7 Å². The fourth-order valence-corrected chi connectivity index (χ4v) is 14.4. The Labute approximate surface area is 354 Å². The molecule has 5 aromatic rings. The summed E-state index contributed by atoms with van der Waals surface area (Å²) in [7, 11) is 0. The molecule has 0 bridgehead atoms. The van der Waals surface area contributed by atoms with E-state index in [1.807, 2.05) is 0 Å². The van der Waals surface area contributed by atoms with Crippen molar-refractivity contribution < 1.29 is 0 Å². The molecular weight excluding hydrogens is 713 g/mol. The topological polar surface area (TPSA) is 9.72 Å². The lowest BCUT2D eigenvalue weighted by Gasteiger charge is -2.55. The van der Waals surface area contributed by atoms with Gasteiger partial charge in [-0.05, 0) is 127 Å². The molecule has 3 nitrogen and oxygen atoms in total. The Morgan fingerprint density at radius 2 is 1.05 bits per heavy atom. The van der Waals surface area contributed by atoms with Crippen LogP contribution < -0.4 is 31.1 Å². The molecule has 5 heterocycles. The summed E-state index contributed by atoms with van der Waals surface area (Å²) in [5, 5.41) is 0. The van der Waals surface area contributed by atoms with Crippen LogP contribution in [-0.2, 0) is 21.7 Å². The van der Waals surface area contributed by atoms with E-state index in [1.54, 1.807) is 22.1 Å². The normalized spacial score (nSPS) is 28.7. The van der Waals surface area contributed by atoms with Gasteiger partial charge in [-0.25, -0.2) is 0 Å². The summed E-state index contributed by atoms with van der Waals surface area (Å²) >= 11 is 0. The van der Waals surface area contributed by atoms with Gasteiger partial charge in [-0.15, -0.1) is 0 Å². The maximum Gasteiger partial charge on any atom is 0.252 e. The van der Waals surface area contributed by atoms with Crippen LogP contribution >= 0.6 is 0 Å². The van der Waals surface area contributed by atoms with Gasteiger partial charge in [0.25, 0.3) is 6.71 Å². The molecule has 4 atom stereocenters. The van der Waals surface area contributed by atoms with Crippen molar-refractivity contribution in [2.24, 2.45) is 0 Å². The molecule has 0 N–H and O–H groups in total. The zero-order valence-corrected chi connectivity index (χ0v) is 37.6. The minimum absolute atomic E-state index is 0.0259. The molecule has 7 aliphatic rings. The van der Waals surface area contributed by atoms with E-state index in [0.29, 0.717) is 0 Å². The van der Waals surface area contributed by atoms with Gasteiger partial charge in [-0.1, -0.05) is 140 Å². The molecule has 5 aromatic carbocycles. The van der Waals surface area contributed by atoms with Crippen LogP contribution in [-0.4, -0.2) is 17.8 Å². The molecule has 0 radical (unpaired) electrons. The first kappa shape index (κ1) is 36.4. The average Bonchev–Trinajstić information content (AvgIpc) is 3.54. The fraction of sp³-hybridized carbons (Fsp3) is 0.455. The van der Waals surface area contributed by atoms with Crippen LogP contribution in [0.3, 0.4) is 0 Å². The highest BCUT2D eigenvalue weighted by molar-refractivity contribution is 7.00. The SMILES string of the molecule is Cc1ccc2c(c1)C(C)(C)c1cc(C)ccc1N2c1cc2c3c(c1)N1c4c(cc(C(C)(C)C)cc4C4(C)CCCCC14C)B3c1cccc3c1N2C1(C)CCCCC31C. The first-order valence-corrected chi connectivity index (χ1v) is 23.1. The van der Waals surface area contributed by atoms with Crippen LogP contribution in [0.4, 0.5) is 39.8 Å². The lowest BCUT2D eigenvalue weighted by Crippen LogP contribution is -2.66. The van der Waals surface area contributed by atoms with Crippen molar-refractivity contribution in [3.63, 3.8) is 0 Å². The van der Waals surface area contributed by atoms with Crippen molar-refractivity contribution in [3.05, 3.63) is 118 Å². The fourth-order valence-electron chi connectivity index (χ4n) is 14.4. The van der Waals surface area contributed by atoms with Gasteiger partial charge in [0.2, 0.25) is 0 Å². The summed E-state index contributed by atoms with van der Waals surface area (Å²) in [6.07, 6.45) is 10.0. The van der Waals surface area contributed by atoms with E-state index < -0.39 is 0 Å². The third-order valence-corrected chi connectivity index (χ3v) is 18.2. The van der Waals surface area contributed by atoms with E-state index in [9.17, 15) is 0 Å². The third kappa shape index (κ3) is 4.14. The summed E-state index contributed by atoms with van der Waals surface area (Å²) in [5.74, 6) is 0. The van der Waals surface area contributed by atoms with Crippen LogP contribution in [0.5, 0.6) is 0 Å². The number of aryl methyl sites for hydroxylation is 2. The predicted molar refractivity (Wildman–Crippen MR) is 252 cm³/mol. The standard InChI is InChI=1S/C55H62BN3/c1-33-19-21-43-38(27-33)51(6,7)39-28-34(2)20-22-44(39)57(43)36-31-45-47-46(32-36)59-49-40(53(9)24-13-15-26-55(53,59)11)29-35(50(3,4)5)30-42(49)56(47)41-18-16-17-37-48(41)58(45)54(10)25-14-12-23-52(37,54)8/h16-22,27-32H,12-15,23-26H2,1-11H3. The quantitative estimate of drug-likeness (QED) is 0.157. The zero-order valence-electron chi connectivity index (χ0n) is 37.6. The molecule has 5 aliphatic heterocycles. The Bertz CT molecular complexity index is 2650. The van der Waals surface area contributed by atoms with Gasteiger partial charge in [-0.3, -0.25) is 0 Å². The van der Waals surface area contributed by atoms with Gasteiger partial charge >= 0.3 is 0 Å². The van der Waals surface area contributed by atoms with Crippen molar-refractivity contribution >= 4 is 62.9 Å². The monoisotopic (exact) mass is 776 g/mol. The second-order valence-electron chi connectivity index (χ2n) is 22.6. The van der Waals surface area contributed by atoms with Crippen LogP contribution in [0.2, 0.25) is 0 Å². The molecule has 0 aromatic heterocycles. The largest absolute Gasteiger partial charge is 0.335 e. The average molecular weight is 776 g/mol. The van der Waals surface area contributed by atoms with Crippen molar-refractivity contribution in [3.8, 4) is 0 Å². The summed E-state index contributed by atoms with van der Waals surface area (Å²) in [6, 6.07) is 32.6. The molecular formula is C55H62BN3. The molecule has 0 saturated heterocycles. The minimum Gasteiger partial charge on any atom is -0.335 e. The van der Waals surface area contributed by atoms with Crippen LogP contribution in [0, 0.1) is 13.8 Å². The second kappa shape index (κ2) is 11.1. The molecule has 4 unspecified atom stereocenters. The Morgan fingerprint density at radius 3 is 1.61 bits per heavy atom. The highest BCUT2D eigenvalue weighted by atomic mass is 15.3. The maximum absolute atomic E-state index is 2.95. The zero-order chi connectivity index (χ0) is 41.0. The third-order valence-electron chi connectivity index (χ3n) is 18.2. The summed E-state index contributed by atoms with van der Waals surface area (Å²) in [6.45, 7) is 27.4. The van der Waals surface area contributed by atoms with Crippen molar-refractivity contribution in [2.45, 2.75) is 160 Å². The molecule has 300 valence electrons. The molecule has 0 spiro atoms. The van der Waals surface area contributed by atoms with E-state index in [1.165, 1.54) is 124 Å². The highest BCUT2D eigenvalue weighted by Gasteiger charge is 2.65. The molecule has 2 aliphatic carbocycles. The van der Waals surface area contributed by atoms with Gasteiger partial charge in [-0.2, -0.15) is 0 Å². The number of nitrogens with zero attached hydrogens (tertiary/aromatic N) is 3. The Morgan fingerprint density at radius 1 is 0.525 bits per heavy atom. The van der Waals surface area contributed by atoms with Gasteiger partial charge in [0, 0.05) is 39.0 Å². The number of rotatable bonds is 1. The number of anilines is 7. The van der Waals surface area contributed by atoms with Crippen LogP contribution in [0.15, 0.2) is 78.9 Å². The number of fused-ring (bicyclic) bond motifs is 12. The van der Waals surface area contributed by atoms with Crippen LogP contribution in [0.25, 0.3) is 0 Å². The summed E-state index contributed by atoms with van der Waals surface area (Å²) < 4.78 is 0. The minimum atomic E-state index is -0.127. The molecule has 59 heavy (non-hydrogen) atoms. The lowest BCUT2D eigenvalue weighted by molar-refractivity contribution is 0.194. The van der Waals surface area contributed by atoms with Gasteiger partial charge < -0.3 is 14.7 Å². The number of hydrogen-bond acceptors (Lipinski definition) is 3. The van der Waals surface area contributed by atoms with Gasteiger partial charge in [0.15, 0.2) is 0 Å². The van der Waals surface area contributed by atoms with Crippen molar-refractivity contribution in [1.29, 1.82) is 0 Å². The Balaban J connectivity index is 1.24. The smallest absolute Gasteiger partial charge is 0.252 e. The Hall–Kier alpha value is -4.44. The van der Waals surface area contributed by atoms with Crippen LogP contribution in [0.1, 0.15) is 153 Å². The summed E-state index contributed by atoms with van der Waals surface area (Å²) in [5.41, 5.74) is 24.6. The van der Waals surface area contributed by atoms with E-state index in [-0.39, 0.29) is 39.5 Å². The molecule has 12 rings (SSSR count). The van der Waals surface area contributed by atoms with Gasteiger partial charge in [0.1, 0.15) is 0 Å². The highest BCUT2D eigenvalue weighted by Crippen LogP contribution is 2.66. The van der Waals surface area contributed by atoms with E-state index in [2.05, 4.69) is 170 Å². The predicted octanol–water partition coefficient (Wildman–Crippen LogP) is 12.3. The van der Waals surface area contributed by atoms with E-state index in [0.717, 1.165) is 0 Å². The maximum atomic E-state index is 2.95. The van der Waals surface area contributed by atoms with Crippen molar-refractivity contribution in [1.82, 2.24) is 0 Å². The van der Waals surface area contributed by atoms with E-state index >= 15 is 0 Å². The number of para-hydroxylation sites is 1. The van der Waals surface area contributed by atoms with E-state index in [4.69, 9.17) is 0 Å². The Kier molecular flexibility index (Phi) is 6.84. The second-order valence-corrected chi connectivity index (χ2v) is 22.6. The lowest BCUT2D eigenvalue weighted by atomic mass is 9.33. The number of hydrogen-bond donors (Lipinski definition) is 0. The number of benzene rings is 5. The molecule has 2 saturated carbocycles. The van der Waals surface area contributed by atoms with Gasteiger partial charge in [0.05, 0.1) is 28.1 Å².